The molecule has 7 heteroatoms. The zero-order valence-electron chi connectivity index (χ0n) is 10.0. The molecule has 0 spiro atoms. The lowest BCUT2D eigenvalue weighted by Crippen LogP contribution is -2.56. The highest BCUT2D eigenvalue weighted by atomic mass is 32.1. The molecule has 6 nitrogen and oxygen atoms in total. The summed E-state index contributed by atoms with van der Waals surface area (Å²) in [4.78, 5) is 23.3. The Labute approximate surface area is 109 Å². The molecule has 1 aromatic rings. The summed E-state index contributed by atoms with van der Waals surface area (Å²) in [5.74, 6) is -0.915. The maximum absolute atomic E-state index is 11.9. The highest BCUT2D eigenvalue weighted by molar-refractivity contribution is 7.03. The summed E-state index contributed by atoms with van der Waals surface area (Å²) in [7, 11) is 0. The number of carbonyl (C=O) groups is 2. The number of nitrogens with one attached hydrogen (secondary N) is 1. The summed E-state index contributed by atoms with van der Waals surface area (Å²) in [6.45, 7) is 2.10. The van der Waals surface area contributed by atoms with Crippen LogP contribution in [0.15, 0.2) is 5.38 Å². The zero-order chi connectivity index (χ0) is 13.2. The van der Waals surface area contributed by atoms with Crippen molar-refractivity contribution in [1.82, 2.24) is 14.9 Å². The molecule has 2 N–H and O–H groups in total. The molecule has 0 aromatic carbocycles. The van der Waals surface area contributed by atoms with Crippen molar-refractivity contribution in [3.05, 3.63) is 11.1 Å². The van der Waals surface area contributed by atoms with Gasteiger partial charge in [-0.2, -0.15) is 0 Å². The first-order valence-corrected chi connectivity index (χ1v) is 6.70. The largest absolute Gasteiger partial charge is 0.480 e. The third-order valence-corrected chi connectivity index (χ3v) is 3.99. The molecular weight excluding hydrogens is 254 g/mol. The van der Waals surface area contributed by atoms with E-state index in [4.69, 9.17) is 0 Å². The molecule has 0 unspecified atom stereocenters. The van der Waals surface area contributed by atoms with Crippen molar-refractivity contribution < 1.29 is 14.7 Å². The first-order valence-electron chi connectivity index (χ1n) is 5.86. The van der Waals surface area contributed by atoms with Gasteiger partial charge in [0.1, 0.15) is 5.54 Å². The minimum absolute atomic E-state index is 0.180. The van der Waals surface area contributed by atoms with Gasteiger partial charge in [0.25, 0.3) is 5.91 Å². The van der Waals surface area contributed by atoms with E-state index in [1.165, 1.54) is 5.38 Å². The van der Waals surface area contributed by atoms with Gasteiger partial charge in [0.2, 0.25) is 0 Å². The monoisotopic (exact) mass is 269 g/mol. The Morgan fingerprint density at radius 3 is 2.67 bits per heavy atom. The highest BCUT2D eigenvalue weighted by Crippen LogP contribution is 2.32. The van der Waals surface area contributed by atoms with Crippen molar-refractivity contribution >= 4 is 23.4 Å². The Balaban J connectivity index is 2.12. The van der Waals surface area contributed by atoms with Crippen LogP contribution in [0, 0.1) is 5.92 Å². The summed E-state index contributed by atoms with van der Waals surface area (Å²) in [5, 5.41) is 17.2. The van der Waals surface area contributed by atoms with Gasteiger partial charge in [0, 0.05) is 5.38 Å². The quantitative estimate of drug-likeness (QED) is 0.863. The fourth-order valence-corrected chi connectivity index (χ4v) is 2.63. The van der Waals surface area contributed by atoms with E-state index in [0.29, 0.717) is 18.8 Å². The van der Waals surface area contributed by atoms with E-state index in [1.54, 1.807) is 0 Å². The van der Waals surface area contributed by atoms with E-state index in [1.807, 2.05) is 0 Å². The van der Waals surface area contributed by atoms with Crippen molar-refractivity contribution in [1.29, 1.82) is 0 Å². The lowest BCUT2D eigenvalue weighted by atomic mass is 9.77. The molecule has 0 atom stereocenters. The van der Waals surface area contributed by atoms with Crippen LogP contribution >= 0.6 is 11.5 Å². The van der Waals surface area contributed by atoms with Crippen molar-refractivity contribution in [2.75, 3.05) is 0 Å². The third kappa shape index (κ3) is 2.50. The summed E-state index contributed by atoms with van der Waals surface area (Å²) < 4.78 is 3.60. The van der Waals surface area contributed by atoms with Gasteiger partial charge in [0.05, 0.1) is 0 Å². The predicted octanol–water partition coefficient (Wildman–Crippen LogP) is 1.30. The number of nitrogens with zero attached hydrogens (tertiary/aromatic N) is 2. The highest BCUT2D eigenvalue weighted by Gasteiger charge is 2.42. The van der Waals surface area contributed by atoms with Gasteiger partial charge in [0.15, 0.2) is 5.69 Å². The summed E-state index contributed by atoms with van der Waals surface area (Å²) >= 11 is 1.07. The van der Waals surface area contributed by atoms with Gasteiger partial charge < -0.3 is 10.4 Å². The topological polar surface area (TPSA) is 92.2 Å². The molecule has 98 valence electrons. The van der Waals surface area contributed by atoms with Crippen LogP contribution in [0.4, 0.5) is 0 Å². The standard InChI is InChI=1S/C11H15N3O3S/c1-7-2-4-11(5-3-7,10(16)17)12-9(15)8-6-18-14-13-8/h6-7H,2-5H2,1H3,(H,12,15)(H,16,17). The number of amides is 1. The van der Waals surface area contributed by atoms with Crippen LogP contribution in [0.2, 0.25) is 0 Å². The fraction of sp³-hybridized carbons (Fsp3) is 0.636. The lowest BCUT2D eigenvalue weighted by Gasteiger charge is -2.36. The summed E-state index contributed by atoms with van der Waals surface area (Å²) in [5.41, 5.74) is -0.966. The van der Waals surface area contributed by atoms with E-state index in [-0.39, 0.29) is 5.69 Å². The number of rotatable bonds is 3. The molecule has 1 saturated carbocycles. The van der Waals surface area contributed by atoms with Crippen molar-refractivity contribution in [3.8, 4) is 0 Å². The van der Waals surface area contributed by atoms with Crippen molar-refractivity contribution in [2.24, 2.45) is 5.92 Å². The Hall–Kier alpha value is -1.50. The summed E-state index contributed by atoms with van der Waals surface area (Å²) in [6, 6.07) is 0. The van der Waals surface area contributed by atoms with Gasteiger partial charge in [-0.05, 0) is 43.1 Å². The van der Waals surface area contributed by atoms with E-state index in [9.17, 15) is 14.7 Å². The molecule has 1 fully saturated rings. The van der Waals surface area contributed by atoms with Crippen LogP contribution in [0.5, 0.6) is 0 Å². The van der Waals surface area contributed by atoms with E-state index in [0.717, 1.165) is 24.4 Å². The van der Waals surface area contributed by atoms with Crippen LogP contribution in [0.25, 0.3) is 0 Å². The van der Waals surface area contributed by atoms with Crippen LogP contribution in [-0.2, 0) is 4.79 Å². The molecule has 2 rings (SSSR count). The average Bonchev–Trinajstić information content (AvgIpc) is 2.85. The minimum Gasteiger partial charge on any atom is -0.480 e. The molecular formula is C11H15N3O3S. The van der Waals surface area contributed by atoms with Crippen LogP contribution < -0.4 is 5.32 Å². The first-order chi connectivity index (χ1) is 8.53. The van der Waals surface area contributed by atoms with E-state index >= 15 is 0 Å². The average molecular weight is 269 g/mol. The molecule has 1 heterocycles. The molecule has 0 radical (unpaired) electrons. The number of carbonyl (C=O) groups excluding carboxylic acids is 1. The second-order valence-electron chi connectivity index (χ2n) is 4.81. The Morgan fingerprint density at radius 2 is 2.17 bits per heavy atom. The number of hydrogen-bond donors (Lipinski definition) is 2. The molecule has 1 amide bonds. The zero-order valence-corrected chi connectivity index (χ0v) is 10.9. The smallest absolute Gasteiger partial charge is 0.329 e. The van der Waals surface area contributed by atoms with Crippen LogP contribution in [-0.4, -0.2) is 32.1 Å². The number of aliphatic carboxylic acids is 1. The van der Waals surface area contributed by atoms with E-state index in [2.05, 4.69) is 21.8 Å². The second-order valence-corrected chi connectivity index (χ2v) is 5.42. The number of carboxylic acids is 1. The normalized spacial score (nSPS) is 27.7. The Bertz CT molecular complexity index is 438. The number of hydrogen-bond acceptors (Lipinski definition) is 5. The molecule has 1 aromatic heterocycles. The molecule has 0 aliphatic heterocycles. The molecule has 1 aliphatic rings. The SMILES string of the molecule is CC1CCC(NC(=O)c2csnn2)(C(=O)O)CC1. The number of carboxylic acid groups (broad SMARTS) is 1. The van der Waals surface area contributed by atoms with Crippen LogP contribution in [0.1, 0.15) is 43.1 Å². The molecule has 0 bridgehead atoms. The fourth-order valence-electron chi connectivity index (χ4n) is 2.19. The minimum atomic E-state index is -1.15. The van der Waals surface area contributed by atoms with Crippen LogP contribution in [0.3, 0.4) is 0 Å². The van der Waals surface area contributed by atoms with Gasteiger partial charge in [-0.1, -0.05) is 11.4 Å². The Kier molecular flexibility index (Phi) is 3.60. The van der Waals surface area contributed by atoms with Crippen molar-refractivity contribution in [2.45, 2.75) is 38.1 Å². The third-order valence-electron chi connectivity index (χ3n) is 3.48. The molecule has 1 aliphatic carbocycles. The van der Waals surface area contributed by atoms with E-state index < -0.39 is 17.4 Å². The number of aromatic nitrogens is 2. The maximum atomic E-state index is 11.9. The lowest BCUT2D eigenvalue weighted by molar-refractivity contribution is -0.146. The van der Waals surface area contributed by atoms with Gasteiger partial charge in [-0.15, -0.1) is 5.10 Å². The van der Waals surface area contributed by atoms with Gasteiger partial charge in [-0.25, -0.2) is 4.79 Å². The van der Waals surface area contributed by atoms with Crippen molar-refractivity contribution in [3.63, 3.8) is 0 Å². The summed E-state index contributed by atoms with van der Waals surface area (Å²) in [6.07, 6.45) is 2.55. The van der Waals surface area contributed by atoms with Gasteiger partial charge >= 0.3 is 5.97 Å². The van der Waals surface area contributed by atoms with Gasteiger partial charge in [-0.3, -0.25) is 4.79 Å². The Morgan fingerprint density at radius 1 is 1.50 bits per heavy atom. The second kappa shape index (κ2) is 5.01. The molecule has 18 heavy (non-hydrogen) atoms. The predicted molar refractivity (Wildman–Crippen MR) is 65.4 cm³/mol. The molecule has 0 saturated heterocycles. The maximum Gasteiger partial charge on any atom is 0.329 e. The first kappa shape index (κ1) is 12.9.